The van der Waals surface area contributed by atoms with Gasteiger partial charge in [0, 0.05) is 18.6 Å². The van der Waals surface area contributed by atoms with E-state index in [1.807, 2.05) is 24.3 Å². The zero-order valence-electron chi connectivity index (χ0n) is 17.9. The molecule has 150 valence electrons. The number of rotatable bonds is 10. The van der Waals surface area contributed by atoms with Gasteiger partial charge < -0.3 is 19.0 Å². The molecule has 26 heavy (non-hydrogen) atoms. The Bertz CT molecular complexity index is 532. The van der Waals surface area contributed by atoms with Crippen LogP contribution in [0.4, 0.5) is 0 Å². The third kappa shape index (κ3) is 6.69. The van der Waals surface area contributed by atoms with Crippen molar-refractivity contribution in [2.24, 2.45) is 5.41 Å². The van der Waals surface area contributed by atoms with Gasteiger partial charge in [0.2, 0.25) is 0 Å². The lowest BCUT2D eigenvalue weighted by Gasteiger charge is -2.41. The minimum absolute atomic E-state index is 0.0700. The first kappa shape index (κ1) is 23.2. The van der Waals surface area contributed by atoms with E-state index in [0.29, 0.717) is 19.6 Å². The molecule has 0 radical (unpaired) electrons. The van der Waals surface area contributed by atoms with Gasteiger partial charge in [-0.2, -0.15) is 0 Å². The van der Waals surface area contributed by atoms with Gasteiger partial charge in [0.05, 0.1) is 19.8 Å². The maximum Gasteiger partial charge on any atom is 0.192 e. The molecule has 0 aliphatic rings. The van der Waals surface area contributed by atoms with E-state index in [1.165, 1.54) is 0 Å². The number of hydrogen-bond acceptors (Lipinski definition) is 4. The Morgan fingerprint density at radius 2 is 1.62 bits per heavy atom. The Balaban J connectivity index is 2.73. The number of aliphatic hydroxyl groups excluding tert-OH is 1. The molecule has 0 fully saturated rings. The maximum absolute atomic E-state index is 9.49. The highest BCUT2D eigenvalue weighted by atomic mass is 28.4. The molecule has 5 heteroatoms. The smallest absolute Gasteiger partial charge is 0.192 e. The molecule has 0 aliphatic heterocycles. The summed E-state index contributed by atoms with van der Waals surface area (Å²) in [7, 11) is -0.152. The predicted octanol–water partition coefficient (Wildman–Crippen LogP) is 5.01. The first-order valence-electron chi connectivity index (χ1n) is 9.42. The summed E-state index contributed by atoms with van der Waals surface area (Å²) in [5.74, 6) is 0.837. The van der Waals surface area contributed by atoms with Crippen LogP contribution in [-0.2, 0) is 15.8 Å². The minimum Gasteiger partial charge on any atom is -0.497 e. The van der Waals surface area contributed by atoms with Gasteiger partial charge >= 0.3 is 0 Å². The van der Waals surface area contributed by atoms with Crippen LogP contribution in [0.3, 0.4) is 0 Å². The van der Waals surface area contributed by atoms with E-state index < -0.39 is 8.32 Å². The lowest BCUT2D eigenvalue weighted by Crippen LogP contribution is -2.46. The average Bonchev–Trinajstić information content (AvgIpc) is 2.56. The molecule has 0 unspecified atom stereocenters. The summed E-state index contributed by atoms with van der Waals surface area (Å²) in [6.07, 6.45) is 0.531. The molecular weight excluding hydrogens is 344 g/mol. The van der Waals surface area contributed by atoms with E-state index in [4.69, 9.17) is 13.9 Å². The van der Waals surface area contributed by atoms with Gasteiger partial charge in [0.15, 0.2) is 8.32 Å². The van der Waals surface area contributed by atoms with Crippen LogP contribution in [0.5, 0.6) is 5.75 Å². The van der Waals surface area contributed by atoms with E-state index in [9.17, 15) is 5.11 Å². The summed E-state index contributed by atoms with van der Waals surface area (Å²) in [5, 5.41) is 9.67. The van der Waals surface area contributed by atoms with Crippen LogP contribution in [-0.4, -0.2) is 39.9 Å². The molecule has 0 amide bonds. The number of hydrogen-bond donors (Lipinski definition) is 1. The summed E-state index contributed by atoms with van der Waals surface area (Å²) in [5.41, 5.74) is 0.917. The molecule has 4 nitrogen and oxygen atoms in total. The molecule has 0 heterocycles. The van der Waals surface area contributed by atoms with Gasteiger partial charge in [-0.05, 0) is 42.2 Å². The Morgan fingerprint density at radius 1 is 1.04 bits per heavy atom. The van der Waals surface area contributed by atoms with Crippen LogP contribution < -0.4 is 4.74 Å². The summed E-state index contributed by atoms with van der Waals surface area (Å²) < 4.78 is 17.8. The van der Waals surface area contributed by atoms with E-state index in [0.717, 1.165) is 11.3 Å². The zero-order chi connectivity index (χ0) is 20.0. The number of aliphatic hydroxyl groups is 1. The molecular formula is C21H38O4Si. The molecule has 1 N–H and O–H groups in total. The van der Waals surface area contributed by atoms with Gasteiger partial charge in [-0.15, -0.1) is 0 Å². The molecule has 0 bridgehead atoms. The summed E-state index contributed by atoms with van der Waals surface area (Å²) >= 11 is 0. The van der Waals surface area contributed by atoms with E-state index in [-0.39, 0.29) is 23.2 Å². The van der Waals surface area contributed by atoms with Crippen molar-refractivity contribution < 1.29 is 19.0 Å². The Hall–Kier alpha value is -0.883. The average molecular weight is 383 g/mol. The second-order valence-corrected chi connectivity index (χ2v) is 14.0. The fraction of sp³-hybridized carbons (Fsp3) is 0.714. The number of ether oxygens (including phenoxy) is 2. The fourth-order valence-corrected chi connectivity index (χ4v) is 3.58. The third-order valence-corrected chi connectivity index (χ3v) is 9.96. The summed E-state index contributed by atoms with van der Waals surface area (Å²) in [4.78, 5) is 0. The highest BCUT2D eigenvalue weighted by Crippen LogP contribution is 2.38. The molecule has 1 aromatic rings. The van der Waals surface area contributed by atoms with Gasteiger partial charge in [0.25, 0.3) is 0 Å². The second kappa shape index (κ2) is 9.35. The lowest BCUT2D eigenvalue weighted by molar-refractivity contribution is -0.0652. The van der Waals surface area contributed by atoms with Crippen LogP contribution in [0.2, 0.25) is 18.1 Å². The van der Waals surface area contributed by atoms with Crippen molar-refractivity contribution >= 4 is 8.32 Å². The second-order valence-electron chi connectivity index (χ2n) is 9.20. The molecule has 1 atom stereocenters. The highest BCUT2D eigenvalue weighted by Gasteiger charge is 2.40. The van der Waals surface area contributed by atoms with Crippen molar-refractivity contribution in [1.29, 1.82) is 0 Å². The molecule has 0 spiro atoms. The number of methoxy groups -OCH3 is 1. The maximum atomic E-state index is 9.49. The SMILES string of the molecule is COc1ccc(CO[C@@H](CCO)C(C)(C)CO[Si](C)(C)C(C)(C)C)cc1. The van der Waals surface area contributed by atoms with Crippen LogP contribution in [0.15, 0.2) is 24.3 Å². The highest BCUT2D eigenvalue weighted by molar-refractivity contribution is 6.74. The molecule has 0 aromatic heterocycles. The van der Waals surface area contributed by atoms with Crippen LogP contribution in [0.25, 0.3) is 0 Å². The van der Waals surface area contributed by atoms with E-state index in [2.05, 4.69) is 47.7 Å². The van der Waals surface area contributed by atoms with Crippen molar-refractivity contribution in [1.82, 2.24) is 0 Å². The first-order valence-corrected chi connectivity index (χ1v) is 12.3. The fourth-order valence-electron chi connectivity index (χ4n) is 2.41. The molecule has 0 saturated heterocycles. The van der Waals surface area contributed by atoms with Crippen molar-refractivity contribution in [2.75, 3.05) is 20.3 Å². The van der Waals surface area contributed by atoms with Crippen LogP contribution in [0.1, 0.15) is 46.6 Å². The molecule has 0 saturated carbocycles. The summed E-state index contributed by atoms with van der Waals surface area (Å²) in [6, 6.07) is 7.89. The molecule has 0 aliphatic carbocycles. The van der Waals surface area contributed by atoms with Crippen molar-refractivity contribution in [3.8, 4) is 5.75 Å². The standard InChI is InChI=1S/C21H38O4Si/c1-20(2,3)26(7,8)25-16-21(4,5)19(13-14-22)24-15-17-9-11-18(23-6)12-10-17/h9-12,19,22H,13-16H2,1-8H3/t19-/m0/s1. The van der Waals surface area contributed by atoms with Crippen molar-refractivity contribution in [2.45, 2.75) is 71.9 Å². The molecule has 1 rings (SSSR count). The van der Waals surface area contributed by atoms with Crippen LogP contribution in [0, 0.1) is 5.41 Å². The van der Waals surface area contributed by atoms with Crippen molar-refractivity contribution in [3.05, 3.63) is 29.8 Å². The monoisotopic (exact) mass is 382 g/mol. The molecule has 1 aromatic carbocycles. The van der Waals surface area contributed by atoms with Gasteiger partial charge in [-0.25, -0.2) is 0 Å². The normalized spacial score (nSPS) is 14.3. The van der Waals surface area contributed by atoms with Gasteiger partial charge in [0.1, 0.15) is 5.75 Å². The van der Waals surface area contributed by atoms with E-state index >= 15 is 0 Å². The minimum atomic E-state index is -1.81. The number of benzene rings is 1. The quantitative estimate of drug-likeness (QED) is 0.578. The Morgan fingerprint density at radius 3 is 2.08 bits per heavy atom. The lowest BCUT2D eigenvalue weighted by atomic mass is 9.85. The van der Waals surface area contributed by atoms with E-state index in [1.54, 1.807) is 7.11 Å². The summed E-state index contributed by atoms with van der Waals surface area (Å²) in [6.45, 7) is 16.9. The van der Waals surface area contributed by atoms with Gasteiger partial charge in [-0.1, -0.05) is 46.8 Å². The largest absolute Gasteiger partial charge is 0.497 e. The predicted molar refractivity (Wildman–Crippen MR) is 110 cm³/mol. The van der Waals surface area contributed by atoms with Crippen molar-refractivity contribution in [3.63, 3.8) is 0 Å². The topological polar surface area (TPSA) is 47.9 Å². The third-order valence-electron chi connectivity index (χ3n) is 5.48. The Kier molecular flexibility index (Phi) is 8.33. The van der Waals surface area contributed by atoms with Gasteiger partial charge in [-0.3, -0.25) is 0 Å². The first-order chi connectivity index (χ1) is 11.9. The Labute approximate surface area is 161 Å². The van der Waals surface area contributed by atoms with Crippen LogP contribution >= 0.6 is 0 Å². The zero-order valence-corrected chi connectivity index (χ0v) is 18.9.